The Morgan fingerprint density at radius 1 is 1.04 bits per heavy atom. The molecule has 0 aliphatic carbocycles. The van der Waals surface area contributed by atoms with Crippen molar-refractivity contribution in [3.8, 4) is 0 Å². The summed E-state index contributed by atoms with van der Waals surface area (Å²) in [5, 5.41) is 3.37. The van der Waals surface area contributed by atoms with E-state index in [9.17, 15) is 13.2 Å². The molecule has 0 atom stereocenters. The number of carbonyl (C=O) groups excluding carboxylic acids is 1. The Kier molecular flexibility index (Phi) is 6.52. The highest BCUT2D eigenvalue weighted by molar-refractivity contribution is 7.89. The molecule has 1 heterocycles. The number of carbonyl (C=O) groups is 1. The molecule has 0 aromatic heterocycles. The first-order valence-corrected chi connectivity index (χ1v) is 10.9. The van der Waals surface area contributed by atoms with Crippen molar-refractivity contribution in [3.05, 3.63) is 59.1 Å². The van der Waals surface area contributed by atoms with E-state index < -0.39 is 10.0 Å². The minimum absolute atomic E-state index is 0.109. The second-order valence-electron chi connectivity index (χ2n) is 6.67. The number of hydrogen-bond donors (Lipinski definition) is 1. The first-order valence-electron chi connectivity index (χ1n) is 9.10. The third-order valence-corrected chi connectivity index (χ3v) is 6.77. The van der Waals surface area contributed by atoms with Crippen molar-refractivity contribution in [2.45, 2.75) is 37.0 Å². The lowest BCUT2D eigenvalue weighted by Gasteiger charge is -2.25. The van der Waals surface area contributed by atoms with Crippen molar-refractivity contribution in [1.29, 1.82) is 0 Å². The molecule has 1 saturated heterocycles. The monoisotopic (exact) mass is 406 g/mol. The van der Waals surface area contributed by atoms with Gasteiger partial charge in [0.1, 0.15) is 0 Å². The normalized spacial score (nSPS) is 15.4. The quantitative estimate of drug-likeness (QED) is 0.785. The van der Waals surface area contributed by atoms with Gasteiger partial charge in [-0.15, -0.1) is 0 Å². The van der Waals surface area contributed by atoms with Gasteiger partial charge in [0.15, 0.2) is 0 Å². The fourth-order valence-corrected chi connectivity index (χ4v) is 4.84. The van der Waals surface area contributed by atoms with E-state index in [-0.39, 0.29) is 5.91 Å². The molecule has 2 aromatic rings. The summed E-state index contributed by atoms with van der Waals surface area (Å²) in [6.07, 6.45) is 3.77. The molecule has 0 unspecified atom stereocenters. The number of piperidine rings is 1. The fourth-order valence-electron chi connectivity index (χ4n) is 3.13. The number of amides is 1. The molecule has 0 radical (unpaired) electrons. The topological polar surface area (TPSA) is 66.5 Å². The molecule has 0 saturated carbocycles. The standard InChI is InChI=1S/C20H23ClN2O3S/c21-17-5-4-6-18(15-17)22-20(24)12-9-16-7-10-19(11-8-16)27(25,26)23-13-2-1-3-14-23/h4-8,10-11,15H,1-3,9,12-14H2,(H,22,24). The van der Waals surface area contributed by atoms with E-state index in [1.807, 2.05) is 0 Å². The van der Waals surface area contributed by atoms with E-state index in [2.05, 4.69) is 5.32 Å². The summed E-state index contributed by atoms with van der Waals surface area (Å²) in [6, 6.07) is 13.8. The van der Waals surface area contributed by atoms with Crippen molar-refractivity contribution < 1.29 is 13.2 Å². The van der Waals surface area contributed by atoms with E-state index >= 15 is 0 Å². The SMILES string of the molecule is O=C(CCc1ccc(S(=O)(=O)N2CCCCC2)cc1)Nc1cccc(Cl)c1. The number of rotatable bonds is 6. The second-order valence-corrected chi connectivity index (χ2v) is 9.04. The Hall–Kier alpha value is -1.89. The van der Waals surface area contributed by atoms with Gasteiger partial charge in [0, 0.05) is 30.2 Å². The first-order chi connectivity index (χ1) is 12.9. The minimum Gasteiger partial charge on any atom is -0.326 e. The van der Waals surface area contributed by atoms with Crippen molar-refractivity contribution >= 4 is 33.2 Å². The van der Waals surface area contributed by atoms with E-state index in [1.165, 1.54) is 0 Å². The Morgan fingerprint density at radius 3 is 2.41 bits per heavy atom. The number of nitrogens with one attached hydrogen (secondary N) is 1. The molecule has 144 valence electrons. The van der Waals surface area contributed by atoms with Crippen LogP contribution < -0.4 is 5.32 Å². The van der Waals surface area contributed by atoms with Gasteiger partial charge in [-0.3, -0.25) is 4.79 Å². The highest BCUT2D eigenvalue weighted by Gasteiger charge is 2.25. The van der Waals surface area contributed by atoms with E-state index in [0.29, 0.717) is 41.5 Å². The van der Waals surface area contributed by atoms with Gasteiger partial charge >= 0.3 is 0 Å². The molecule has 2 aromatic carbocycles. The fraction of sp³-hybridized carbons (Fsp3) is 0.350. The zero-order valence-corrected chi connectivity index (χ0v) is 16.6. The molecule has 3 rings (SSSR count). The Morgan fingerprint density at radius 2 is 1.74 bits per heavy atom. The summed E-state index contributed by atoms with van der Waals surface area (Å²) >= 11 is 5.91. The van der Waals surface area contributed by atoms with Gasteiger partial charge in [-0.2, -0.15) is 4.31 Å². The number of hydrogen-bond acceptors (Lipinski definition) is 3. The molecule has 1 aliphatic rings. The molecule has 1 aliphatic heterocycles. The number of benzene rings is 2. The van der Waals surface area contributed by atoms with Crippen molar-refractivity contribution in [2.24, 2.45) is 0 Å². The predicted octanol–water partition coefficient (Wildman–Crippen LogP) is 4.09. The first kappa shape index (κ1) is 19.9. The maximum atomic E-state index is 12.6. The number of nitrogens with zero attached hydrogens (tertiary/aromatic N) is 1. The van der Waals surface area contributed by atoms with E-state index in [4.69, 9.17) is 11.6 Å². The van der Waals surface area contributed by atoms with Crippen LogP contribution in [0.1, 0.15) is 31.2 Å². The van der Waals surface area contributed by atoms with Crippen LogP contribution in [0.3, 0.4) is 0 Å². The number of sulfonamides is 1. The van der Waals surface area contributed by atoms with Gasteiger partial charge < -0.3 is 5.32 Å². The second kappa shape index (κ2) is 8.87. The molecule has 1 N–H and O–H groups in total. The van der Waals surface area contributed by atoms with Crippen molar-refractivity contribution in [1.82, 2.24) is 4.31 Å². The number of aryl methyl sites for hydroxylation is 1. The predicted molar refractivity (Wildman–Crippen MR) is 107 cm³/mol. The molecule has 5 nitrogen and oxygen atoms in total. The summed E-state index contributed by atoms with van der Waals surface area (Å²) in [4.78, 5) is 12.4. The van der Waals surface area contributed by atoms with Crippen molar-refractivity contribution in [2.75, 3.05) is 18.4 Å². The Balaban J connectivity index is 1.56. The largest absolute Gasteiger partial charge is 0.326 e. The van der Waals surface area contributed by atoms with Gasteiger partial charge in [-0.1, -0.05) is 36.2 Å². The van der Waals surface area contributed by atoms with Gasteiger partial charge in [0.05, 0.1) is 4.90 Å². The van der Waals surface area contributed by atoms with Crippen LogP contribution >= 0.6 is 11.6 Å². The van der Waals surface area contributed by atoms with Gasteiger partial charge in [-0.05, 0) is 55.2 Å². The third kappa shape index (κ3) is 5.31. The zero-order chi connectivity index (χ0) is 19.3. The summed E-state index contributed by atoms with van der Waals surface area (Å²) in [6.45, 7) is 1.18. The molecule has 7 heteroatoms. The maximum absolute atomic E-state index is 12.6. The number of halogens is 1. The minimum atomic E-state index is -3.41. The molecule has 27 heavy (non-hydrogen) atoms. The molecule has 0 bridgehead atoms. The molecular weight excluding hydrogens is 384 g/mol. The smallest absolute Gasteiger partial charge is 0.243 e. The van der Waals surface area contributed by atoms with Crippen LogP contribution in [0.2, 0.25) is 5.02 Å². The maximum Gasteiger partial charge on any atom is 0.243 e. The van der Waals surface area contributed by atoms with E-state index in [1.54, 1.807) is 52.8 Å². The molecule has 1 amide bonds. The van der Waals surface area contributed by atoms with Crippen LogP contribution in [0.15, 0.2) is 53.4 Å². The molecular formula is C20H23ClN2O3S. The van der Waals surface area contributed by atoms with Crippen molar-refractivity contribution in [3.63, 3.8) is 0 Å². The summed E-state index contributed by atoms with van der Waals surface area (Å²) in [5.41, 5.74) is 1.59. The lowest BCUT2D eigenvalue weighted by molar-refractivity contribution is -0.116. The average molecular weight is 407 g/mol. The lowest BCUT2D eigenvalue weighted by atomic mass is 10.1. The van der Waals surface area contributed by atoms with Gasteiger partial charge in [0.25, 0.3) is 0 Å². The summed E-state index contributed by atoms with van der Waals surface area (Å²) in [5.74, 6) is -0.109. The van der Waals surface area contributed by atoms with Gasteiger partial charge in [0.2, 0.25) is 15.9 Å². The highest BCUT2D eigenvalue weighted by Crippen LogP contribution is 2.21. The van der Waals surface area contributed by atoms with Crippen LogP contribution in [-0.4, -0.2) is 31.7 Å². The molecule has 1 fully saturated rings. The van der Waals surface area contributed by atoms with Crippen LogP contribution in [-0.2, 0) is 21.2 Å². The third-order valence-electron chi connectivity index (χ3n) is 4.63. The van der Waals surface area contributed by atoms with Gasteiger partial charge in [-0.25, -0.2) is 8.42 Å². The lowest BCUT2D eigenvalue weighted by Crippen LogP contribution is -2.35. The van der Waals surface area contributed by atoms with E-state index in [0.717, 1.165) is 24.8 Å². The van der Waals surface area contributed by atoms with Crippen LogP contribution in [0, 0.1) is 0 Å². The van der Waals surface area contributed by atoms with Crippen LogP contribution in [0.4, 0.5) is 5.69 Å². The Bertz CT molecular complexity index is 892. The Labute approximate surface area is 165 Å². The average Bonchev–Trinajstić information content (AvgIpc) is 2.67. The summed E-state index contributed by atoms with van der Waals surface area (Å²) in [7, 11) is -3.41. The highest BCUT2D eigenvalue weighted by atomic mass is 35.5. The number of anilines is 1. The van der Waals surface area contributed by atoms with Crippen LogP contribution in [0.25, 0.3) is 0 Å². The molecule has 0 spiro atoms. The van der Waals surface area contributed by atoms with Crippen LogP contribution in [0.5, 0.6) is 0 Å². The zero-order valence-electron chi connectivity index (χ0n) is 15.0. The summed E-state index contributed by atoms with van der Waals surface area (Å²) < 4.78 is 26.9.